The standard InChI is InChI=1S/Cu.Ge.Mg.Si.2H. The van der Waals surface area contributed by atoms with Crippen molar-refractivity contribution in [2.24, 2.45) is 0 Å². The molecule has 0 saturated carbocycles. The fraction of sp³-hybridized carbons (Fsp3) is 0. The molecule has 0 fully saturated rings. The van der Waals surface area contributed by atoms with Gasteiger partial charge in [0.2, 0.25) is 0 Å². The summed E-state index contributed by atoms with van der Waals surface area (Å²) >= 11 is 0. The summed E-state index contributed by atoms with van der Waals surface area (Å²) in [5, 5.41) is 0. The third-order valence-electron chi connectivity index (χ3n) is 0. The Morgan fingerprint density at radius 2 is 1.00 bits per heavy atom. The van der Waals surface area contributed by atoms with Gasteiger partial charge in [-0.05, 0) is 0 Å². The van der Waals surface area contributed by atoms with Crippen molar-refractivity contribution in [2.75, 3.05) is 0 Å². The zero-order chi connectivity index (χ0) is 0. The molecule has 0 heterocycles. The molecular formula is H2CuGeMgSi. The molecule has 4 heteroatoms. The van der Waals surface area contributed by atoms with Gasteiger partial charge in [-0.15, -0.1) is 0 Å². The first kappa shape index (κ1) is 36.8. The van der Waals surface area contributed by atoms with Crippen LogP contribution in [0.3, 0.4) is 0 Å². The van der Waals surface area contributed by atoms with E-state index in [9.17, 15) is 0 Å². The molecule has 0 amide bonds. The number of hydrogen-bond donors (Lipinski definition) is 0. The van der Waals surface area contributed by atoms with E-state index in [1.165, 1.54) is 0 Å². The monoisotopic (exact) mass is 191 g/mol. The molecule has 23 valence electrons. The molecule has 9 radical (unpaired) electrons. The van der Waals surface area contributed by atoms with Gasteiger partial charge in [-0.25, -0.2) is 0 Å². The summed E-state index contributed by atoms with van der Waals surface area (Å²) in [6.45, 7) is 0. The Balaban J connectivity index is 0. The molecule has 0 aromatic rings. The van der Waals surface area contributed by atoms with Gasteiger partial charge in [0.15, 0.2) is 0 Å². The van der Waals surface area contributed by atoms with Crippen LogP contribution in [0.4, 0.5) is 0 Å². The molecule has 0 N–H and O–H groups in total. The van der Waals surface area contributed by atoms with Crippen LogP contribution in [-0.2, 0) is 17.1 Å². The smallest absolute Gasteiger partial charge is 0 e. The molecule has 0 aliphatic heterocycles. The van der Waals surface area contributed by atoms with Crippen molar-refractivity contribution in [1.82, 2.24) is 0 Å². The zero-order valence-corrected chi connectivity index (χ0v) is 5.34. The van der Waals surface area contributed by atoms with Gasteiger partial charge < -0.3 is 0 Å². The third kappa shape index (κ3) is 8.97. The molecule has 0 bridgehead atoms. The molecule has 0 unspecified atom stereocenters. The number of hydrogen-bond acceptors (Lipinski definition) is 0. The van der Waals surface area contributed by atoms with E-state index in [4.69, 9.17) is 0 Å². The summed E-state index contributed by atoms with van der Waals surface area (Å²) < 4.78 is 0. The van der Waals surface area contributed by atoms with E-state index in [1.807, 2.05) is 0 Å². The largest absolute Gasteiger partial charge is 0.316 e. The Hall–Kier alpha value is 2.05. The van der Waals surface area contributed by atoms with Crippen molar-refractivity contribution in [3.05, 3.63) is 0 Å². The van der Waals surface area contributed by atoms with Crippen molar-refractivity contribution in [3.8, 4) is 0 Å². The second-order valence-corrected chi connectivity index (χ2v) is 0. The second kappa shape index (κ2) is 19.7. The van der Waals surface area contributed by atoms with Crippen molar-refractivity contribution < 1.29 is 17.1 Å². The van der Waals surface area contributed by atoms with E-state index in [2.05, 4.69) is 0 Å². The molecule has 0 aromatic heterocycles. The van der Waals surface area contributed by atoms with Crippen molar-refractivity contribution in [1.29, 1.82) is 0 Å². The second-order valence-electron chi connectivity index (χ2n) is 0. The predicted octanol–water partition coefficient (Wildman–Crippen LogP) is -1.68. The molecule has 0 aliphatic carbocycles. The van der Waals surface area contributed by atoms with Crippen LogP contribution in [0.1, 0.15) is 0 Å². The van der Waals surface area contributed by atoms with Gasteiger partial charge >= 0.3 is 23.1 Å². The Bertz CT molecular complexity index is 8.00. The van der Waals surface area contributed by atoms with Gasteiger partial charge in [0.05, 0.1) is 0 Å². The zero-order valence-electron chi connectivity index (χ0n) is 1.30. The summed E-state index contributed by atoms with van der Waals surface area (Å²) in [5.74, 6) is 0. The van der Waals surface area contributed by atoms with Crippen molar-refractivity contribution >= 4 is 51.6 Å². The molecule has 0 atom stereocenters. The average Bonchev–Trinajstić information content (AvgIpc) is 0. The van der Waals surface area contributed by atoms with Gasteiger partial charge in [-0.1, -0.05) is 0 Å². The maximum atomic E-state index is 0. The van der Waals surface area contributed by atoms with Gasteiger partial charge in [-0.2, -0.15) is 0 Å². The minimum atomic E-state index is 0. The van der Waals surface area contributed by atoms with E-state index in [1.54, 1.807) is 0 Å². The van der Waals surface area contributed by atoms with E-state index >= 15 is 0 Å². The minimum Gasteiger partial charge on any atom is 0 e. The topological polar surface area (TPSA) is 0 Å². The van der Waals surface area contributed by atoms with Gasteiger partial charge in [0.1, 0.15) is 0 Å². The van der Waals surface area contributed by atoms with Crippen molar-refractivity contribution in [3.63, 3.8) is 0 Å². The van der Waals surface area contributed by atoms with Crippen LogP contribution in [0.25, 0.3) is 0 Å². The quantitative estimate of drug-likeness (QED) is 0.401. The Morgan fingerprint density at radius 3 is 1.00 bits per heavy atom. The SMILES string of the molecule is [Cu].[Ge].[MgH2].[Si]. The van der Waals surface area contributed by atoms with Gasteiger partial charge in [-0.3, -0.25) is 0 Å². The molecule has 0 spiro atoms. The fourth-order valence-electron chi connectivity index (χ4n) is 0. The first-order valence-corrected chi connectivity index (χ1v) is 0. The maximum Gasteiger partial charge on any atom is 0.316 e. The third-order valence-corrected chi connectivity index (χ3v) is 0. The normalized spacial score (nSPS) is 0. The predicted molar refractivity (Wildman–Crippen MR) is 20.1 cm³/mol. The Morgan fingerprint density at radius 1 is 1.00 bits per heavy atom. The van der Waals surface area contributed by atoms with Crippen LogP contribution in [0.15, 0.2) is 0 Å². The molecule has 0 saturated heterocycles. The summed E-state index contributed by atoms with van der Waals surface area (Å²) in [7, 11) is 0. The van der Waals surface area contributed by atoms with E-state index in [0.29, 0.717) is 0 Å². The summed E-state index contributed by atoms with van der Waals surface area (Å²) in [5.41, 5.74) is 0. The van der Waals surface area contributed by atoms with Crippen LogP contribution in [0.5, 0.6) is 0 Å². The van der Waals surface area contributed by atoms with Crippen LogP contribution in [-0.4, -0.2) is 51.6 Å². The maximum absolute atomic E-state index is 0. The van der Waals surface area contributed by atoms with Crippen LogP contribution >= 0.6 is 0 Å². The van der Waals surface area contributed by atoms with Gasteiger partial charge in [0.25, 0.3) is 0 Å². The summed E-state index contributed by atoms with van der Waals surface area (Å²) in [6, 6.07) is 0. The van der Waals surface area contributed by atoms with E-state index in [0.717, 1.165) is 0 Å². The molecule has 0 aromatic carbocycles. The van der Waals surface area contributed by atoms with E-state index < -0.39 is 0 Å². The Kier molecular flexibility index (Phi) is 181. The average molecular weight is 191 g/mol. The first-order valence-electron chi connectivity index (χ1n) is 0. The molecule has 4 heavy (non-hydrogen) atoms. The first-order chi connectivity index (χ1) is 0. The Labute approximate surface area is 68.1 Å². The molecule has 0 aliphatic rings. The van der Waals surface area contributed by atoms with E-state index in [-0.39, 0.29) is 68.7 Å². The summed E-state index contributed by atoms with van der Waals surface area (Å²) in [6.07, 6.45) is 0. The van der Waals surface area contributed by atoms with Crippen LogP contribution < -0.4 is 0 Å². The van der Waals surface area contributed by atoms with Crippen LogP contribution in [0, 0.1) is 0 Å². The molecular weight excluding hydrogens is 189 g/mol. The fourth-order valence-corrected chi connectivity index (χ4v) is 0. The molecule has 0 nitrogen and oxygen atoms in total. The van der Waals surface area contributed by atoms with Crippen LogP contribution in [0.2, 0.25) is 0 Å². The number of rotatable bonds is 0. The minimum absolute atomic E-state index is 0. The van der Waals surface area contributed by atoms with Gasteiger partial charge in [0, 0.05) is 45.6 Å². The van der Waals surface area contributed by atoms with Crippen molar-refractivity contribution in [2.45, 2.75) is 0 Å². The summed E-state index contributed by atoms with van der Waals surface area (Å²) in [4.78, 5) is 0. The molecule has 0 rings (SSSR count).